The second-order valence-corrected chi connectivity index (χ2v) is 11.0. The number of Topliss-reactive ketones (excluding diaryl/α,β-unsaturated/α-hetero) is 1. The number of amides is 1. The molecule has 7 atom stereocenters. The van der Waals surface area contributed by atoms with E-state index in [0.29, 0.717) is 29.6 Å². The molecule has 1 spiro atoms. The molecule has 5 rings (SSSR count). The van der Waals surface area contributed by atoms with Gasteiger partial charge in [0.25, 0.3) is 0 Å². The Balaban J connectivity index is 1.36. The summed E-state index contributed by atoms with van der Waals surface area (Å²) in [7, 11) is 0. The van der Waals surface area contributed by atoms with Crippen LogP contribution in [0.25, 0.3) is 0 Å². The van der Waals surface area contributed by atoms with E-state index in [1.54, 1.807) is 6.08 Å². The molecule has 0 aromatic carbocycles. The van der Waals surface area contributed by atoms with Gasteiger partial charge >= 0.3 is 6.09 Å². The summed E-state index contributed by atoms with van der Waals surface area (Å²) in [5.41, 5.74) is 0.0371. The van der Waals surface area contributed by atoms with Crippen molar-refractivity contribution in [2.24, 2.45) is 34.5 Å². The molecule has 5 fully saturated rings. The summed E-state index contributed by atoms with van der Waals surface area (Å²) in [6.07, 6.45) is 11.5. The van der Waals surface area contributed by atoms with Crippen molar-refractivity contribution in [1.29, 1.82) is 0 Å². The molecule has 0 unspecified atom stereocenters. The SMILES string of the molecule is C=CCN1C[C@]2(CC[C@@]3(C)[C@@H](CC[C@@H]4[C@@H]3CC[C@]3(C)C(=O)CC[C@@H]43)C2)OC1=O. The average Bonchev–Trinajstić information content (AvgIpc) is 3.13. The van der Waals surface area contributed by atoms with Crippen molar-refractivity contribution in [2.45, 2.75) is 77.2 Å². The maximum absolute atomic E-state index is 12.6. The Morgan fingerprint density at radius 2 is 1.93 bits per heavy atom. The third-order valence-electron chi connectivity index (χ3n) is 9.90. The van der Waals surface area contributed by atoms with Gasteiger partial charge in [-0.1, -0.05) is 19.9 Å². The minimum absolute atomic E-state index is 0.0353. The number of carbonyl (C=O) groups is 2. The molecule has 1 heterocycles. The highest BCUT2D eigenvalue weighted by Crippen LogP contribution is 2.66. The lowest BCUT2D eigenvalue weighted by molar-refractivity contribution is -0.149. The summed E-state index contributed by atoms with van der Waals surface area (Å²) in [5, 5.41) is 0. The van der Waals surface area contributed by atoms with Crippen molar-refractivity contribution in [2.75, 3.05) is 13.1 Å². The van der Waals surface area contributed by atoms with Crippen molar-refractivity contribution in [3.8, 4) is 0 Å². The number of fused-ring (bicyclic) bond motifs is 5. The normalized spacial score (nSPS) is 50.1. The van der Waals surface area contributed by atoms with Crippen LogP contribution in [0, 0.1) is 34.5 Å². The first kappa shape index (κ1) is 18.7. The molecule has 0 aromatic heterocycles. The number of rotatable bonds is 2. The number of nitrogens with zero attached hydrogens (tertiary/aromatic N) is 1. The van der Waals surface area contributed by atoms with Crippen LogP contribution in [0.3, 0.4) is 0 Å². The molecule has 1 saturated heterocycles. The van der Waals surface area contributed by atoms with E-state index in [4.69, 9.17) is 4.74 Å². The number of carbonyl (C=O) groups excluding carboxylic acids is 2. The smallest absolute Gasteiger partial charge is 0.410 e. The van der Waals surface area contributed by atoms with Crippen LogP contribution in [0.1, 0.15) is 71.6 Å². The van der Waals surface area contributed by atoms with Gasteiger partial charge in [0.1, 0.15) is 11.4 Å². The van der Waals surface area contributed by atoms with E-state index < -0.39 is 0 Å². The summed E-state index contributed by atoms with van der Waals surface area (Å²) in [6, 6.07) is 0. The average molecular weight is 386 g/mol. The standard InChI is InChI=1S/C24H35NO3/c1-4-13-25-15-24(28-21(25)27)12-11-22(2)16(14-24)5-6-17-18-7-8-20(26)23(18,3)10-9-19(17)22/h4,16-19H,1,5-15H2,2-3H3/t16-,17-,18-,19-,22-,23-,24+/m0/s1. The lowest BCUT2D eigenvalue weighted by Crippen LogP contribution is -2.56. The zero-order valence-corrected chi connectivity index (χ0v) is 17.5. The lowest BCUT2D eigenvalue weighted by Gasteiger charge is -2.61. The largest absolute Gasteiger partial charge is 0.441 e. The molecule has 4 saturated carbocycles. The fourth-order valence-electron chi connectivity index (χ4n) is 8.30. The first-order valence-corrected chi connectivity index (χ1v) is 11.4. The first-order valence-electron chi connectivity index (χ1n) is 11.4. The molecular formula is C24H35NO3. The Morgan fingerprint density at radius 1 is 1.11 bits per heavy atom. The molecule has 4 heteroatoms. The van der Waals surface area contributed by atoms with E-state index >= 15 is 0 Å². The first-order chi connectivity index (χ1) is 13.3. The van der Waals surface area contributed by atoms with Crippen LogP contribution in [0.4, 0.5) is 4.79 Å². The summed E-state index contributed by atoms with van der Waals surface area (Å²) >= 11 is 0. The van der Waals surface area contributed by atoms with Gasteiger partial charge in [-0.15, -0.1) is 6.58 Å². The van der Waals surface area contributed by atoms with E-state index in [9.17, 15) is 9.59 Å². The molecule has 4 aliphatic carbocycles. The van der Waals surface area contributed by atoms with Crippen LogP contribution in [-0.2, 0) is 9.53 Å². The van der Waals surface area contributed by atoms with Gasteiger partial charge < -0.3 is 9.64 Å². The highest BCUT2D eigenvalue weighted by atomic mass is 16.6. The van der Waals surface area contributed by atoms with Gasteiger partial charge in [0.15, 0.2) is 0 Å². The van der Waals surface area contributed by atoms with Crippen molar-refractivity contribution in [3.63, 3.8) is 0 Å². The van der Waals surface area contributed by atoms with E-state index in [1.165, 1.54) is 19.3 Å². The Bertz CT molecular complexity index is 719. The summed E-state index contributed by atoms with van der Waals surface area (Å²) in [4.78, 5) is 26.7. The van der Waals surface area contributed by atoms with Gasteiger partial charge in [0, 0.05) is 18.4 Å². The van der Waals surface area contributed by atoms with Gasteiger partial charge in [0.05, 0.1) is 6.54 Å². The monoisotopic (exact) mass is 385 g/mol. The molecule has 1 amide bonds. The molecule has 154 valence electrons. The lowest BCUT2D eigenvalue weighted by atomic mass is 9.44. The van der Waals surface area contributed by atoms with Crippen LogP contribution < -0.4 is 0 Å². The predicted molar refractivity (Wildman–Crippen MR) is 108 cm³/mol. The molecule has 0 N–H and O–H groups in total. The Labute approximate surface area is 169 Å². The van der Waals surface area contributed by atoms with Gasteiger partial charge in [-0.25, -0.2) is 4.79 Å². The van der Waals surface area contributed by atoms with Crippen LogP contribution in [0.15, 0.2) is 12.7 Å². The third kappa shape index (κ3) is 2.42. The van der Waals surface area contributed by atoms with E-state index in [-0.39, 0.29) is 17.1 Å². The molecule has 0 radical (unpaired) electrons. The van der Waals surface area contributed by atoms with E-state index in [0.717, 1.165) is 56.9 Å². The molecular weight excluding hydrogens is 350 g/mol. The van der Waals surface area contributed by atoms with Gasteiger partial charge in [-0.05, 0) is 80.5 Å². The maximum Gasteiger partial charge on any atom is 0.410 e. The molecule has 5 aliphatic rings. The maximum atomic E-state index is 12.6. The van der Waals surface area contributed by atoms with Crippen LogP contribution in [0.2, 0.25) is 0 Å². The van der Waals surface area contributed by atoms with Crippen molar-refractivity contribution in [3.05, 3.63) is 12.7 Å². The van der Waals surface area contributed by atoms with E-state index in [2.05, 4.69) is 20.4 Å². The van der Waals surface area contributed by atoms with Gasteiger partial charge in [-0.2, -0.15) is 0 Å². The quantitative estimate of drug-likeness (QED) is 0.630. The highest BCUT2D eigenvalue weighted by molar-refractivity contribution is 5.87. The molecule has 0 bridgehead atoms. The third-order valence-corrected chi connectivity index (χ3v) is 9.90. The highest BCUT2D eigenvalue weighted by Gasteiger charge is 2.62. The molecule has 0 aromatic rings. The second kappa shape index (κ2) is 6.09. The van der Waals surface area contributed by atoms with Gasteiger partial charge in [0.2, 0.25) is 0 Å². The molecule has 1 aliphatic heterocycles. The van der Waals surface area contributed by atoms with Crippen molar-refractivity contribution in [1.82, 2.24) is 4.90 Å². The molecule has 28 heavy (non-hydrogen) atoms. The number of ether oxygens (including phenoxy) is 1. The van der Waals surface area contributed by atoms with Crippen molar-refractivity contribution < 1.29 is 14.3 Å². The Morgan fingerprint density at radius 3 is 2.71 bits per heavy atom. The number of hydrogen-bond donors (Lipinski definition) is 0. The molecule has 4 nitrogen and oxygen atoms in total. The minimum Gasteiger partial charge on any atom is -0.441 e. The fraction of sp³-hybridized carbons (Fsp3) is 0.833. The van der Waals surface area contributed by atoms with E-state index in [1.807, 2.05) is 4.90 Å². The zero-order chi connectivity index (χ0) is 19.7. The summed E-state index contributed by atoms with van der Waals surface area (Å²) < 4.78 is 5.98. The zero-order valence-electron chi connectivity index (χ0n) is 17.5. The van der Waals surface area contributed by atoms with Crippen LogP contribution in [-0.4, -0.2) is 35.5 Å². The minimum atomic E-state index is -0.274. The second-order valence-electron chi connectivity index (χ2n) is 11.0. The Kier molecular flexibility index (Phi) is 4.07. The van der Waals surface area contributed by atoms with Crippen LogP contribution >= 0.6 is 0 Å². The summed E-state index contributed by atoms with van der Waals surface area (Å²) in [6.45, 7) is 9.88. The van der Waals surface area contributed by atoms with Gasteiger partial charge in [-0.3, -0.25) is 4.79 Å². The summed E-state index contributed by atoms with van der Waals surface area (Å²) in [5.74, 6) is 3.25. The van der Waals surface area contributed by atoms with Crippen molar-refractivity contribution >= 4 is 11.9 Å². The number of ketones is 1. The Hall–Kier alpha value is -1.32. The topological polar surface area (TPSA) is 46.6 Å². The number of hydrogen-bond acceptors (Lipinski definition) is 3. The van der Waals surface area contributed by atoms with Crippen LogP contribution in [0.5, 0.6) is 0 Å². The predicted octanol–water partition coefficient (Wildman–Crippen LogP) is 4.98. The fourth-order valence-corrected chi connectivity index (χ4v) is 8.30.